The summed E-state index contributed by atoms with van der Waals surface area (Å²) in [4.78, 5) is 4.43. The molecule has 1 unspecified atom stereocenters. The van der Waals surface area contributed by atoms with Gasteiger partial charge in [-0.25, -0.2) is 0 Å². The van der Waals surface area contributed by atoms with Crippen LogP contribution in [0.1, 0.15) is 20.3 Å². The number of ether oxygens (including phenoxy) is 2. The van der Waals surface area contributed by atoms with Gasteiger partial charge in [-0.3, -0.25) is 4.68 Å². The Kier molecular flexibility index (Phi) is 3.38. The van der Waals surface area contributed by atoms with Gasteiger partial charge in [-0.05, 0) is 26.3 Å². The molecule has 1 aliphatic rings. The van der Waals surface area contributed by atoms with Crippen LogP contribution < -0.4 is 4.74 Å². The highest BCUT2D eigenvalue weighted by Gasteiger charge is 2.17. The molecular weight excluding hydrogens is 242 g/mol. The van der Waals surface area contributed by atoms with Crippen LogP contribution in [-0.4, -0.2) is 34.1 Å². The average molecular weight is 261 g/mol. The maximum Gasteiger partial charge on any atom is 0.215 e. The van der Waals surface area contributed by atoms with E-state index in [1.807, 2.05) is 36.9 Å². The molecule has 1 fully saturated rings. The first-order valence-electron chi connectivity index (χ1n) is 6.79. The maximum absolute atomic E-state index is 5.58. The predicted octanol–water partition coefficient (Wildman–Crippen LogP) is 2.25. The van der Waals surface area contributed by atoms with Crippen LogP contribution in [0, 0.1) is 5.92 Å². The fraction of sp³-hybridized carbons (Fsp3) is 0.571. The number of hydrogen-bond acceptors (Lipinski definition) is 4. The molecule has 1 atom stereocenters. The minimum atomic E-state index is 0.127. The van der Waals surface area contributed by atoms with Crippen molar-refractivity contribution in [3.8, 4) is 5.88 Å². The largest absolute Gasteiger partial charge is 0.475 e. The molecule has 1 aliphatic heterocycles. The zero-order valence-electron chi connectivity index (χ0n) is 11.4. The summed E-state index contributed by atoms with van der Waals surface area (Å²) < 4.78 is 12.9. The molecule has 1 saturated heterocycles. The molecule has 2 aromatic rings. The van der Waals surface area contributed by atoms with E-state index in [0.717, 1.165) is 37.2 Å². The first kappa shape index (κ1) is 12.4. The lowest BCUT2D eigenvalue weighted by Gasteiger charge is -2.07. The highest BCUT2D eigenvalue weighted by Crippen LogP contribution is 2.19. The molecule has 0 amide bonds. The Hall–Kier alpha value is -1.62. The Labute approximate surface area is 112 Å². The zero-order chi connectivity index (χ0) is 13.2. The van der Waals surface area contributed by atoms with Gasteiger partial charge in [0.25, 0.3) is 0 Å². The third-order valence-corrected chi connectivity index (χ3v) is 3.22. The van der Waals surface area contributed by atoms with Crippen LogP contribution in [0.15, 0.2) is 18.3 Å². The Balaban J connectivity index is 1.79. The quantitative estimate of drug-likeness (QED) is 0.847. The van der Waals surface area contributed by atoms with Gasteiger partial charge in [-0.15, -0.1) is 0 Å². The Bertz CT molecular complexity index is 559. The van der Waals surface area contributed by atoms with E-state index in [2.05, 4.69) is 10.1 Å². The van der Waals surface area contributed by atoms with Crippen LogP contribution in [0.25, 0.3) is 11.0 Å². The van der Waals surface area contributed by atoms with Gasteiger partial charge in [-0.2, -0.15) is 10.1 Å². The number of hydrogen-bond donors (Lipinski definition) is 0. The van der Waals surface area contributed by atoms with Gasteiger partial charge in [0.2, 0.25) is 5.88 Å². The van der Waals surface area contributed by atoms with Crippen molar-refractivity contribution in [3.05, 3.63) is 18.3 Å². The number of pyridine rings is 1. The summed E-state index contributed by atoms with van der Waals surface area (Å²) in [6.45, 7) is 6.59. The Morgan fingerprint density at radius 2 is 2.37 bits per heavy atom. The van der Waals surface area contributed by atoms with Crippen molar-refractivity contribution in [2.75, 3.05) is 13.2 Å². The summed E-state index contributed by atoms with van der Waals surface area (Å²) in [5.74, 6) is 1.21. The van der Waals surface area contributed by atoms with Gasteiger partial charge in [0, 0.05) is 36.7 Å². The topological polar surface area (TPSA) is 49.2 Å². The van der Waals surface area contributed by atoms with Crippen molar-refractivity contribution in [2.24, 2.45) is 5.92 Å². The molecule has 19 heavy (non-hydrogen) atoms. The van der Waals surface area contributed by atoms with E-state index in [9.17, 15) is 0 Å². The van der Waals surface area contributed by atoms with E-state index in [4.69, 9.17) is 9.47 Å². The summed E-state index contributed by atoms with van der Waals surface area (Å²) in [5.41, 5.74) is 0.747. The highest BCUT2D eigenvalue weighted by atomic mass is 16.5. The van der Waals surface area contributed by atoms with Gasteiger partial charge in [0.15, 0.2) is 5.65 Å². The minimum Gasteiger partial charge on any atom is -0.475 e. The molecule has 0 saturated carbocycles. The fourth-order valence-corrected chi connectivity index (χ4v) is 2.33. The predicted molar refractivity (Wildman–Crippen MR) is 72.2 cm³/mol. The molecule has 0 aliphatic carbocycles. The third-order valence-electron chi connectivity index (χ3n) is 3.22. The van der Waals surface area contributed by atoms with Crippen LogP contribution in [0.2, 0.25) is 0 Å². The molecule has 102 valence electrons. The third kappa shape index (κ3) is 2.87. The molecule has 5 heteroatoms. The molecular formula is C14H19N3O2. The summed E-state index contributed by atoms with van der Waals surface area (Å²) in [6.07, 6.45) is 3.29. The van der Waals surface area contributed by atoms with Crippen molar-refractivity contribution in [1.29, 1.82) is 0 Å². The van der Waals surface area contributed by atoms with Crippen molar-refractivity contribution < 1.29 is 9.47 Å². The Morgan fingerprint density at radius 3 is 3.11 bits per heavy atom. The monoisotopic (exact) mass is 261 g/mol. The van der Waals surface area contributed by atoms with Crippen molar-refractivity contribution in [2.45, 2.75) is 32.9 Å². The first-order chi connectivity index (χ1) is 9.20. The van der Waals surface area contributed by atoms with Crippen molar-refractivity contribution in [1.82, 2.24) is 14.8 Å². The molecule has 2 aromatic heterocycles. The van der Waals surface area contributed by atoms with Crippen LogP contribution >= 0.6 is 0 Å². The lowest BCUT2D eigenvalue weighted by Crippen LogP contribution is -2.10. The summed E-state index contributed by atoms with van der Waals surface area (Å²) in [6, 6.07) is 3.90. The van der Waals surface area contributed by atoms with Crippen molar-refractivity contribution >= 4 is 11.0 Å². The molecule has 0 aromatic carbocycles. The molecule has 0 radical (unpaired) electrons. The summed E-state index contributed by atoms with van der Waals surface area (Å²) >= 11 is 0. The van der Waals surface area contributed by atoms with Gasteiger partial charge < -0.3 is 9.47 Å². The number of fused-ring (bicyclic) bond motifs is 1. The highest BCUT2D eigenvalue weighted by molar-refractivity contribution is 5.74. The van der Waals surface area contributed by atoms with Crippen LogP contribution in [0.5, 0.6) is 5.88 Å². The maximum atomic E-state index is 5.58. The van der Waals surface area contributed by atoms with Gasteiger partial charge in [-0.1, -0.05) is 0 Å². The van der Waals surface area contributed by atoms with Gasteiger partial charge in [0.1, 0.15) is 0 Å². The SMILES string of the molecule is CC(C)Oc1ccc2cn(CC3CCOC3)nc2n1. The van der Waals surface area contributed by atoms with Gasteiger partial charge >= 0.3 is 0 Å². The zero-order valence-corrected chi connectivity index (χ0v) is 11.4. The molecule has 3 rings (SSSR count). The van der Waals surface area contributed by atoms with E-state index in [1.165, 1.54) is 0 Å². The number of nitrogens with zero attached hydrogens (tertiary/aromatic N) is 3. The molecule has 0 spiro atoms. The smallest absolute Gasteiger partial charge is 0.215 e. The van der Waals surface area contributed by atoms with E-state index in [1.54, 1.807) is 0 Å². The van der Waals surface area contributed by atoms with E-state index >= 15 is 0 Å². The molecule has 0 N–H and O–H groups in total. The average Bonchev–Trinajstić information content (AvgIpc) is 2.97. The number of aromatic nitrogens is 3. The van der Waals surface area contributed by atoms with Gasteiger partial charge in [0.05, 0.1) is 12.7 Å². The standard InChI is InChI=1S/C14H19N3O2/c1-10(2)19-13-4-3-12-8-17(16-14(12)15-13)7-11-5-6-18-9-11/h3-4,8,10-11H,5-7,9H2,1-2H3. The lowest BCUT2D eigenvalue weighted by molar-refractivity contribution is 0.181. The van der Waals surface area contributed by atoms with Crippen molar-refractivity contribution in [3.63, 3.8) is 0 Å². The van der Waals surface area contributed by atoms with E-state index in [-0.39, 0.29) is 6.10 Å². The fourth-order valence-electron chi connectivity index (χ4n) is 2.33. The molecule has 5 nitrogen and oxygen atoms in total. The second-order valence-electron chi connectivity index (χ2n) is 5.31. The minimum absolute atomic E-state index is 0.127. The van der Waals surface area contributed by atoms with E-state index < -0.39 is 0 Å². The second-order valence-corrected chi connectivity index (χ2v) is 5.31. The van der Waals surface area contributed by atoms with Crippen LogP contribution in [0.4, 0.5) is 0 Å². The summed E-state index contributed by atoms with van der Waals surface area (Å²) in [7, 11) is 0. The van der Waals surface area contributed by atoms with Crippen LogP contribution in [-0.2, 0) is 11.3 Å². The Morgan fingerprint density at radius 1 is 1.47 bits per heavy atom. The molecule has 0 bridgehead atoms. The number of rotatable bonds is 4. The first-order valence-corrected chi connectivity index (χ1v) is 6.79. The lowest BCUT2D eigenvalue weighted by atomic mass is 10.1. The molecule has 3 heterocycles. The summed E-state index contributed by atoms with van der Waals surface area (Å²) in [5, 5.41) is 5.57. The van der Waals surface area contributed by atoms with E-state index in [0.29, 0.717) is 11.8 Å². The van der Waals surface area contributed by atoms with Crippen LogP contribution in [0.3, 0.4) is 0 Å². The normalized spacial score (nSPS) is 19.4. The second kappa shape index (κ2) is 5.17.